The van der Waals surface area contributed by atoms with E-state index in [-0.39, 0.29) is 23.7 Å². The molecule has 10 heteroatoms. The minimum Gasteiger partial charge on any atom is -0.484 e. The van der Waals surface area contributed by atoms with Crippen LogP contribution >= 0.6 is 0 Å². The summed E-state index contributed by atoms with van der Waals surface area (Å²) in [5.74, 6) is 2.30. The lowest BCUT2D eigenvalue weighted by Gasteiger charge is -2.50. The van der Waals surface area contributed by atoms with Gasteiger partial charge in [0.05, 0.1) is 17.6 Å². The molecule has 5 heterocycles. The molecule has 10 nitrogen and oxygen atoms in total. The Labute approximate surface area is 203 Å². The Morgan fingerprint density at radius 1 is 1.23 bits per heavy atom. The largest absolute Gasteiger partial charge is 0.484 e. The topological polar surface area (TPSA) is 113 Å². The summed E-state index contributed by atoms with van der Waals surface area (Å²) in [6, 6.07) is 5.85. The summed E-state index contributed by atoms with van der Waals surface area (Å²) in [5, 5.41) is 13.7. The molecule has 0 N–H and O–H groups in total. The normalized spacial score (nSPS) is 22.9. The fraction of sp³-hybridized carbons (Fsp3) is 0.560. The van der Waals surface area contributed by atoms with Gasteiger partial charge in [0.1, 0.15) is 29.6 Å². The molecule has 2 fully saturated rings. The number of nitrogens with zero attached hydrogens (tertiary/aromatic N) is 7. The van der Waals surface area contributed by atoms with E-state index in [0.717, 1.165) is 44.6 Å². The Kier molecular flexibility index (Phi) is 5.25. The number of hydrogen-bond donors (Lipinski definition) is 0. The summed E-state index contributed by atoms with van der Waals surface area (Å²) in [6.45, 7) is 6.21. The van der Waals surface area contributed by atoms with E-state index in [1.807, 2.05) is 0 Å². The summed E-state index contributed by atoms with van der Waals surface area (Å²) < 4.78 is 13.4. The molecule has 3 aromatic rings. The van der Waals surface area contributed by atoms with E-state index in [1.165, 1.54) is 0 Å². The van der Waals surface area contributed by atoms with Gasteiger partial charge in [0.2, 0.25) is 11.6 Å². The molecule has 6 rings (SSSR count). The molecule has 1 saturated carbocycles. The number of ether oxygens (including phenoxy) is 1. The molecule has 2 aliphatic heterocycles. The van der Waals surface area contributed by atoms with Gasteiger partial charge in [-0.2, -0.15) is 10.2 Å². The van der Waals surface area contributed by atoms with Gasteiger partial charge in [-0.1, -0.05) is 19.0 Å². The van der Waals surface area contributed by atoms with E-state index in [0.29, 0.717) is 46.6 Å². The highest BCUT2D eigenvalue weighted by atomic mass is 16.5. The van der Waals surface area contributed by atoms with Crippen LogP contribution in [0.4, 0.5) is 5.69 Å². The maximum atomic E-state index is 13.2. The summed E-state index contributed by atoms with van der Waals surface area (Å²) in [4.78, 5) is 27.3. The van der Waals surface area contributed by atoms with Gasteiger partial charge in [-0.3, -0.25) is 9.69 Å². The van der Waals surface area contributed by atoms with Crippen molar-refractivity contribution >= 4 is 16.7 Å². The number of nitriles is 1. The second-order valence-electron chi connectivity index (χ2n) is 9.78. The predicted molar refractivity (Wildman–Crippen MR) is 128 cm³/mol. The van der Waals surface area contributed by atoms with Gasteiger partial charge in [0, 0.05) is 32.1 Å². The fourth-order valence-corrected chi connectivity index (χ4v) is 5.58. The van der Waals surface area contributed by atoms with E-state index in [1.54, 1.807) is 23.7 Å². The Bertz CT molecular complexity index is 1390. The first kappa shape index (κ1) is 22.0. The van der Waals surface area contributed by atoms with Crippen LogP contribution in [0.15, 0.2) is 21.5 Å². The van der Waals surface area contributed by atoms with Crippen molar-refractivity contribution in [1.82, 2.24) is 24.6 Å². The van der Waals surface area contributed by atoms with Crippen LogP contribution in [0.5, 0.6) is 5.75 Å². The van der Waals surface area contributed by atoms with Gasteiger partial charge in [-0.15, -0.1) is 0 Å². The number of rotatable bonds is 5. The summed E-state index contributed by atoms with van der Waals surface area (Å²) in [7, 11) is 1.72. The van der Waals surface area contributed by atoms with Crippen molar-refractivity contribution in [3.8, 4) is 11.8 Å². The van der Waals surface area contributed by atoms with Gasteiger partial charge >= 0.3 is 0 Å². The molecule has 1 saturated heterocycles. The van der Waals surface area contributed by atoms with E-state index < -0.39 is 0 Å². The number of hydrogen-bond acceptors (Lipinski definition) is 9. The average Bonchev–Trinajstić information content (AvgIpc) is 3.63. The molecule has 0 bridgehead atoms. The van der Waals surface area contributed by atoms with Crippen molar-refractivity contribution in [2.45, 2.75) is 63.6 Å². The van der Waals surface area contributed by atoms with Gasteiger partial charge in [-0.05, 0) is 37.8 Å². The van der Waals surface area contributed by atoms with Crippen molar-refractivity contribution in [3.05, 3.63) is 39.9 Å². The monoisotopic (exact) mass is 475 g/mol. The quantitative estimate of drug-likeness (QED) is 0.549. The van der Waals surface area contributed by atoms with Crippen LogP contribution in [0.3, 0.4) is 0 Å². The smallest absolute Gasteiger partial charge is 0.295 e. The third-order valence-corrected chi connectivity index (χ3v) is 7.68. The van der Waals surface area contributed by atoms with E-state index in [2.05, 4.69) is 39.9 Å². The van der Waals surface area contributed by atoms with E-state index >= 15 is 0 Å². The predicted octanol–water partition coefficient (Wildman–Crippen LogP) is 2.88. The lowest BCUT2D eigenvalue weighted by molar-refractivity contribution is 0.0572. The lowest BCUT2D eigenvalue weighted by Crippen LogP contribution is -2.62. The number of aryl methyl sites for hydroxylation is 1. The third kappa shape index (κ3) is 3.48. The van der Waals surface area contributed by atoms with Crippen molar-refractivity contribution in [2.24, 2.45) is 7.05 Å². The Balaban J connectivity index is 1.39. The number of fused-ring (bicyclic) bond motifs is 5. The number of anilines is 1. The molecule has 1 unspecified atom stereocenters. The molecule has 0 aromatic carbocycles. The lowest BCUT2D eigenvalue weighted by atomic mass is 9.98. The summed E-state index contributed by atoms with van der Waals surface area (Å²) >= 11 is 0. The second-order valence-corrected chi connectivity index (χ2v) is 9.78. The fourth-order valence-electron chi connectivity index (χ4n) is 5.58. The second kappa shape index (κ2) is 8.34. The molecular formula is C25H29N7O3. The van der Waals surface area contributed by atoms with Crippen molar-refractivity contribution in [1.29, 1.82) is 5.26 Å². The minimum absolute atomic E-state index is 0.0344. The molecule has 35 heavy (non-hydrogen) atoms. The minimum atomic E-state index is -0.183. The first-order valence-electron chi connectivity index (χ1n) is 12.5. The van der Waals surface area contributed by atoms with Crippen molar-refractivity contribution < 1.29 is 9.26 Å². The molecule has 182 valence electrons. The molecule has 3 aromatic heterocycles. The molecule has 3 atom stereocenters. The maximum Gasteiger partial charge on any atom is 0.295 e. The molecular weight excluding hydrogens is 446 g/mol. The zero-order valence-electron chi connectivity index (χ0n) is 20.3. The highest BCUT2D eigenvalue weighted by Crippen LogP contribution is 2.42. The van der Waals surface area contributed by atoms with E-state index in [4.69, 9.17) is 14.2 Å². The van der Waals surface area contributed by atoms with Crippen molar-refractivity contribution in [3.63, 3.8) is 0 Å². The Morgan fingerprint density at radius 3 is 2.77 bits per heavy atom. The van der Waals surface area contributed by atoms with E-state index in [9.17, 15) is 10.1 Å². The standard InChI is InChI=1S/C25H29N7O3/c1-4-16-11-32-17(12-31(16)18(5-2)24-28-23(29-35-24)14-6-7-14)13-34-22-21(32)20-19(30(3)25(22)33)9-8-15(10-26)27-20/h8-9,14,16-18H,4-7,11-13H2,1-3H3/t16-,17+,18?/m1/s1. The number of piperazine rings is 1. The van der Waals surface area contributed by atoms with Gasteiger partial charge in [-0.25, -0.2) is 4.98 Å². The summed E-state index contributed by atoms with van der Waals surface area (Å²) in [6.07, 6.45) is 4.07. The van der Waals surface area contributed by atoms with Crippen LogP contribution in [-0.4, -0.2) is 56.4 Å². The average molecular weight is 476 g/mol. The SMILES string of the molecule is CCC(c1nc(C2CC2)no1)N1C[C@H]2COc3c(c4nc(C#N)ccc4n(C)c3=O)N2C[C@H]1CC. The van der Waals surface area contributed by atoms with Crippen LogP contribution in [0, 0.1) is 11.3 Å². The van der Waals surface area contributed by atoms with Crippen molar-refractivity contribution in [2.75, 3.05) is 24.6 Å². The van der Waals surface area contributed by atoms with Gasteiger partial charge in [0.25, 0.3) is 5.56 Å². The van der Waals surface area contributed by atoms with Crippen LogP contribution in [-0.2, 0) is 7.05 Å². The zero-order valence-corrected chi connectivity index (χ0v) is 20.3. The molecule has 0 radical (unpaired) electrons. The van der Waals surface area contributed by atoms with Crippen LogP contribution < -0.4 is 15.2 Å². The Morgan fingerprint density at radius 2 is 2.06 bits per heavy atom. The van der Waals surface area contributed by atoms with Crippen LogP contribution in [0.25, 0.3) is 11.0 Å². The van der Waals surface area contributed by atoms with Crippen LogP contribution in [0.1, 0.15) is 68.9 Å². The molecule has 1 aliphatic carbocycles. The first-order valence-corrected chi connectivity index (χ1v) is 12.5. The highest BCUT2D eigenvalue weighted by Gasteiger charge is 2.43. The first-order chi connectivity index (χ1) is 17.0. The molecule has 0 spiro atoms. The number of aromatic nitrogens is 4. The van der Waals surface area contributed by atoms with Gasteiger partial charge < -0.3 is 18.7 Å². The third-order valence-electron chi connectivity index (χ3n) is 7.68. The summed E-state index contributed by atoms with van der Waals surface area (Å²) in [5.41, 5.74) is 2.17. The van der Waals surface area contributed by atoms with Gasteiger partial charge in [0.15, 0.2) is 5.82 Å². The highest BCUT2D eigenvalue weighted by molar-refractivity contribution is 5.93. The molecule has 3 aliphatic rings. The Hall–Kier alpha value is -3.45. The van der Waals surface area contributed by atoms with Crippen LogP contribution in [0.2, 0.25) is 0 Å². The maximum absolute atomic E-state index is 13.2. The zero-order chi connectivity index (χ0) is 24.3. The molecule has 0 amide bonds. The number of pyridine rings is 2.